The normalized spacial score (nSPS) is 11.9. The molecule has 0 aliphatic rings. The highest BCUT2D eigenvalue weighted by atomic mass is 32.2. The van der Waals surface area contributed by atoms with Crippen LogP contribution in [0.15, 0.2) is 53.4 Å². The fourth-order valence-corrected chi connectivity index (χ4v) is 2.87. The SMILES string of the molecule is CCC(Sc1cccc(N)c1)C(=O)Nc1ccccc1F. The van der Waals surface area contributed by atoms with Crippen molar-refractivity contribution in [2.45, 2.75) is 23.5 Å². The van der Waals surface area contributed by atoms with Crippen LogP contribution in [0.2, 0.25) is 0 Å². The number of amides is 1. The molecule has 5 heteroatoms. The number of nitrogens with one attached hydrogen (secondary N) is 1. The number of thioether (sulfide) groups is 1. The summed E-state index contributed by atoms with van der Waals surface area (Å²) < 4.78 is 13.6. The van der Waals surface area contributed by atoms with E-state index < -0.39 is 5.82 Å². The molecule has 110 valence electrons. The summed E-state index contributed by atoms with van der Waals surface area (Å²) in [6, 6.07) is 13.5. The van der Waals surface area contributed by atoms with Gasteiger partial charge in [0.15, 0.2) is 0 Å². The largest absolute Gasteiger partial charge is 0.399 e. The number of carbonyl (C=O) groups excluding carboxylic acids is 1. The third kappa shape index (κ3) is 4.23. The van der Waals surface area contributed by atoms with Crippen LogP contribution in [-0.4, -0.2) is 11.2 Å². The standard InChI is InChI=1S/C16H17FN2OS/c1-2-15(21-12-7-5-6-11(18)10-12)16(20)19-14-9-4-3-8-13(14)17/h3-10,15H,2,18H2,1H3,(H,19,20). The van der Waals surface area contributed by atoms with Crippen LogP contribution in [-0.2, 0) is 4.79 Å². The summed E-state index contributed by atoms with van der Waals surface area (Å²) in [5.74, 6) is -0.648. The smallest absolute Gasteiger partial charge is 0.237 e. The summed E-state index contributed by atoms with van der Waals surface area (Å²) >= 11 is 1.42. The van der Waals surface area contributed by atoms with Gasteiger partial charge in [-0.1, -0.05) is 25.1 Å². The summed E-state index contributed by atoms with van der Waals surface area (Å²) in [5.41, 5.74) is 6.59. The van der Waals surface area contributed by atoms with Gasteiger partial charge in [-0.3, -0.25) is 4.79 Å². The molecule has 0 bridgehead atoms. The minimum absolute atomic E-state index is 0.203. The number of anilines is 2. The van der Waals surface area contributed by atoms with Crippen LogP contribution in [0.3, 0.4) is 0 Å². The highest BCUT2D eigenvalue weighted by molar-refractivity contribution is 8.00. The molecule has 0 saturated heterocycles. The molecule has 0 spiro atoms. The van der Waals surface area contributed by atoms with Gasteiger partial charge in [-0.2, -0.15) is 0 Å². The number of nitrogen functional groups attached to an aromatic ring is 1. The van der Waals surface area contributed by atoms with E-state index in [2.05, 4.69) is 5.32 Å². The molecule has 0 aliphatic heterocycles. The van der Waals surface area contributed by atoms with Gasteiger partial charge in [0.1, 0.15) is 5.82 Å². The maximum absolute atomic E-state index is 13.6. The molecule has 3 nitrogen and oxygen atoms in total. The van der Waals surface area contributed by atoms with E-state index in [-0.39, 0.29) is 16.8 Å². The number of rotatable bonds is 5. The maximum Gasteiger partial charge on any atom is 0.237 e. The zero-order valence-corrected chi connectivity index (χ0v) is 12.5. The molecule has 1 unspecified atom stereocenters. The van der Waals surface area contributed by atoms with Crippen LogP contribution in [0.1, 0.15) is 13.3 Å². The summed E-state index contributed by atoms with van der Waals surface area (Å²) in [4.78, 5) is 13.2. The Morgan fingerprint density at radius 2 is 2.05 bits per heavy atom. The lowest BCUT2D eigenvalue weighted by molar-refractivity contribution is -0.115. The highest BCUT2D eigenvalue weighted by Crippen LogP contribution is 2.28. The topological polar surface area (TPSA) is 55.1 Å². The molecule has 0 aromatic heterocycles. The van der Waals surface area contributed by atoms with Gasteiger partial charge in [0.05, 0.1) is 10.9 Å². The van der Waals surface area contributed by atoms with Gasteiger partial charge in [-0.25, -0.2) is 4.39 Å². The van der Waals surface area contributed by atoms with Crippen molar-refractivity contribution >= 4 is 29.0 Å². The number of benzene rings is 2. The first-order valence-corrected chi connectivity index (χ1v) is 7.55. The van der Waals surface area contributed by atoms with Crippen molar-refractivity contribution < 1.29 is 9.18 Å². The summed E-state index contributed by atoms with van der Waals surface area (Å²) in [6.07, 6.45) is 0.639. The summed E-state index contributed by atoms with van der Waals surface area (Å²) in [5, 5.41) is 2.33. The lowest BCUT2D eigenvalue weighted by Gasteiger charge is -2.15. The van der Waals surface area contributed by atoms with Gasteiger partial charge < -0.3 is 11.1 Å². The van der Waals surface area contributed by atoms with Crippen molar-refractivity contribution in [2.24, 2.45) is 0 Å². The van der Waals surface area contributed by atoms with E-state index in [1.54, 1.807) is 24.3 Å². The van der Waals surface area contributed by atoms with Gasteiger partial charge in [0.25, 0.3) is 0 Å². The Morgan fingerprint density at radius 1 is 1.29 bits per heavy atom. The van der Waals surface area contributed by atoms with Crippen molar-refractivity contribution in [3.05, 3.63) is 54.3 Å². The number of para-hydroxylation sites is 1. The minimum atomic E-state index is -0.436. The first-order valence-electron chi connectivity index (χ1n) is 6.67. The van der Waals surface area contributed by atoms with Crippen LogP contribution < -0.4 is 11.1 Å². The van der Waals surface area contributed by atoms with Crippen molar-refractivity contribution in [3.8, 4) is 0 Å². The van der Waals surface area contributed by atoms with E-state index >= 15 is 0 Å². The quantitative estimate of drug-likeness (QED) is 0.650. The van der Waals surface area contributed by atoms with Gasteiger partial charge >= 0.3 is 0 Å². The number of halogens is 1. The first-order chi connectivity index (χ1) is 10.1. The molecule has 1 amide bonds. The van der Waals surface area contributed by atoms with Crippen molar-refractivity contribution in [2.75, 3.05) is 11.1 Å². The lowest BCUT2D eigenvalue weighted by Crippen LogP contribution is -2.25. The Morgan fingerprint density at radius 3 is 2.71 bits per heavy atom. The average Bonchev–Trinajstić information content (AvgIpc) is 2.47. The summed E-state index contributed by atoms with van der Waals surface area (Å²) in [6.45, 7) is 1.92. The lowest BCUT2D eigenvalue weighted by atomic mass is 10.2. The Labute approximate surface area is 127 Å². The van der Waals surface area contributed by atoms with E-state index in [1.165, 1.54) is 17.8 Å². The van der Waals surface area contributed by atoms with E-state index in [1.807, 2.05) is 25.1 Å². The molecule has 2 rings (SSSR count). The monoisotopic (exact) mass is 304 g/mol. The molecule has 0 radical (unpaired) electrons. The number of hydrogen-bond donors (Lipinski definition) is 2. The van der Waals surface area contributed by atoms with E-state index in [9.17, 15) is 9.18 Å². The van der Waals surface area contributed by atoms with Crippen LogP contribution in [0.5, 0.6) is 0 Å². The Hall–Kier alpha value is -2.01. The predicted octanol–water partition coefficient (Wildman–Crippen LogP) is 3.92. The van der Waals surface area contributed by atoms with Crippen molar-refractivity contribution in [3.63, 3.8) is 0 Å². The summed E-state index contributed by atoms with van der Waals surface area (Å²) in [7, 11) is 0. The molecule has 0 aliphatic carbocycles. The Bertz CT molecular complexity index is 633. The van der Waals surface area contributed by atoms with Crippen molar-refractivity contribution in [1.29, 1.82) is 0 Å². The van der Waals surface area contributed by atoms with Crippen LogP contribution in [0.25, 0.3) is 0 Å². The molecule has 0 fully saturated rings. The first kappa shape index (κ1) is 15.4. The molecule has 3 N–H and O–H groups in total. The Balaban J connectivity index is 2.07. The predicted molar refractivity (Wildman–Crippen MR) is 85.8 cm³/mol. The molecule has 21 heavy (non-hydrogen) atoms. The molecule has 0 saturated carbocycles. The molecular weight excluding hydrogens is 287 g/mol. The van der Waals surface area contributed by atoms with E-state index in [0.29, 0.717) is 12.1 Å². The third-order valence-electron chi connectivity index (χ3n) is 2.93. The van der Waals surface area contributed by atoms with Crippen LogP contribution in [0.4, 0.5) is 15.8 Å². The van der Waals surface area contributed by atoms with Gasteiger partial charge in [-0.05, 0) is 36.8 Å². The average molecular weight is 304 g/mol. The van der Waals surface area contributed by atoms with Crippen LogP contribution in [0, 0.1) is 5.82 Å². The number of carbonyl (C=O) groups is 1. The fraction of sp³-hybridized carbons (Fsp3) is 0.188. The van der Waals surface area contributed by atoms with Crippen molar-refractivity contribution in [1.82, 2.24) is 0 Å². The molecule has 2 aromatic rings. The zero-order valence-electron chi connectivity index (χ0n) is 11.7. The third-order valence-corrected chi connectivity index (χ3v) is 4.29. The second-order valence-corrected chi connectivity index (χ2v) is 5.83. The maximum atomic E-state index is 13.6. The fourth-order valence-electron chi connectivity index (χ4n) is 1.85. The zero-order chi connectivity index (χ0) is 15.2. The van der Waals surface area contributed by atoms with Gasteiger partial charge in [-0.15, -0.1) is 11.8 Å². The molecule has 1 atom stereocenters. The number of hydrogen-bond acceptors (Lipinski definition) is 3. The Kier molecular flexibility index (Phi) is 5.22. The van der Waals surface area contributed by atoms with Gasteiger partial charge in [0, 0.05) is 10.6 Å². The second-order valence-electron chi connectivity index (χ2n) is 4.56. The molecule has 2 aromatic carbocycles. The van der Waals surface area contributed by atoms with Gasteiger partial charge in [0.2, 0.25) is 5.91 Å². The number of nitrogens with two attached hydrogens (primary N) is 1. The van der Waals surface area contributed by atoms with E-state index in [0.717, 1.165) is 4.90 Å². The van der Waals surface area contributed by atoms with Crippen LogP contribution >= 0.6 is 11.8 Å². The van der Waals surface area contributed by atoms with E-state index in [4.69, 9.17) is 5.73 Å². The molecule has 0 heterocycles. The second kappa shape index (κ2) is 7.13. The highest BCUT2D eigenvalue weighted by Gasteiger charge is 2.19. The minimum Gasteiger partial charge on any atom is -0.399 e. The molecular formula is C16H17FN2OS.